The first-order valence-electron chi connectivity index (χ1n) is 10.5. The summed E-state index contributed by atoms with van der Waals surface area (Å²) in [6.45, 7) is 6.97. The summed E-state index contributed by atoms with van der Waals surface area (Å²) in [5.41, 5.74) is 0.601. The monoisotopic (exact) mass is 417 g/mol. The molecule has 0 radical (unpaired) electrons. The average Bonchev–Trinajstić information content (AvgIpc) is 3.20. The maximum absolute atomic E-state index is 13.1. The van der Waals surface area contributed by atoms with E-state index in [2.05, 4.69) is 5.32 Å². The molecule has 3 rings (SSSR count). The van der Waals surface area contributed by atoms with Gasteiger partial charge in [-0.2, -0.15) is 0 Å². The van der Waals surface area contributed by atoms with Crippen molar-refractivity contribution < 1.29 is 9.53 Å². The quantitative estimate of drug-likeness (QED) is 0.382. The highest BCUT2D eigenvalue weighted by Crippen LogP contribution is 2.24. The van der Waals surface area contributed by atoms with Crippen LogP contribution < -0.4 is 10.9 Å². The molecule has 6 nitrogen and oxygen atoms in total. The third-order valence-electron chi connectivity index (χ3n) is 5.16. The molecule has 1 N–H and O–H groups in total. The molecule has 0 aliphatic heterocycles. The number of nitrogens with one attached hydrogen (secondary N) is 1. The Kier molecular flexibility index (Phi) is 7.72. The van der Waals surface area contributed by atoms with E-state index in [4.69, 9.17) is 9.72 Å². The van der Waals surface area contributed by atoms with Crippen molar-refractivity contribution in [1.82, 2.24) is 14.9 Å². The van der Waals surface area contributed by atoms with Crippen molar-refractivity contribution in [3.63, 3.8) is 0 Å². The van der Waals surface area contributed by atoms with Crippen LogP contribution in [-0.4, -0.2) is 39.5 Å². The van der Waals surface area contributed by atoms with Gasteiger partial charge in [0.05, 0.1) is 22.3 Å². The molecule has 2 aromatic rings. The molecule has 1 aliphatic rings. The molecule has 1 amide bonds. The fourth-order valence-electron chi connectivity index (χ4n) is 3.58. The highest BCUT2D eigenvalue weighted by atomic mass is 32.2. The highest BCUT2D eigenvalue weighted by molar-refractivity contribution is 8.00. The molecule has 1 heterocycles. The van der Waals surface area contributed by atoms with Crippen LogP contribution in [0.15, 0.2) is 34.2 Å². The van der Waals surface area contributed by atoms with Crippen LogP contribution in [0.1, 0.15) is 52.9 Å². The standard InChI is InChI=1S/C22H31N3O3S/c1-15(2)28-14-8-13-25-21(27)18-11-6-7-12-19(18)24-22(25)29-16(3)20(26)23-17-9-4-5-10-17/h6-7,11-12,15-17H,4-5,8-10,13-14H2,1-3H3,(H,23,26). The fraction of sp³-hybridized carbons (Fsp3) is 0.591. The number of rotatable bonds is 9. The number of benzene rings is 1. The summed E-state index contributed by atoms with van der Waals surface area (Å²) >= 11 is 1.35. The number of nitrogens with zero attached hydrogens (tertiary/aromatic N) is 2. The number of aromatic nitrogens is 2. The lowest BCUT2D eigenvalue weighted by Crippen LogP contribution is -2.38. The lowest BCUT2D eigenvalue weighted by Gasteiger charge is -2.18. The number of hydrogen-bond donors (Lipinski definition) is 1. The van der Waals surface area contributed by atoms with Gasteiger partial charge in [0.25, 0.3) is 5.56 Å². The lowest BCUT2D eigenvalue weighted by molar-refractivity contribution is -0.120. The van der Waals surface area contributed by atoms with Crippen molar-refractivity contribution in [2.45, 2.75) is 82.0 Å². The number of carbonyl (C=O) groups excluding carboxylic acids is 1. The van der Waals surface area contributed by atoms with Gasteiger partial charge in [-0.1, -0.05) is 36.7 Å². The Labute approximate surface area is 176 Å². The summed E-state index contributed by atoms with van der Waals surface area (Å²) in [7, 11) is 0. The molecule has 1 aromatic carbocycles. The van der Waals surface area contributed by atoms with Gasteiger partial charge in [-0.05, 0) is 52.2 Å². The summed E-state index contributed by atoms with van der Waals surface area (Å²) in [6, 6.07) is 7.65. The van der Waals surface area contributed by atoms with Gasteiger partial charge in [-0.3, -0.25) is 14.2 Å². The second-order valence-corrected chi connectivity index (χ2v) is 9.20. The van der Waals surface area contributed by atoms with Gasteiger partial charge < -0.3 is 10.1 Å². The summed E-state index contributed by atoms with van der Waals surface area (Å²) in [6.07, 6.45) is 5.34. The average molecular weight is 418 g/mol. The summed E-state index contributed by atoms with van der Waals surface area (Å²) in [5, 5.41) is 4.01. The fourth-order valence-corrected chi connectivity index (χ4v) is 4.52. The minimum atomic E-state index is -0.318. The van der Waals surface area contributed by atoms with Crippen LogP contribution in [0.4, 0.5) is 0 Å². The second kappa shape index (κ2) is 10.3. The minimum absolute atomic E-state index is 0.0130. The number of ether oxygens (including phenoxy) is 1. The van der Waals surface area contributed by atoms with Crippen LogP contribution in [0, 0.1) is 0 Å². The van der Waals surface area contributed by atoms with Gasteiger partial charge in [0, 0.05) is 19.2 Å². The molecule has 1 aromatic heterocycles. The number of carbonyl (C=O) groups is 1. The predicted octanol–water partition coefficient (Wildman–Crippen LogP) is 3.75. The Morgan fingerprint density at radius 1 is 1.28 bits per heavy atom. The topological polar surface area (TPSA) is 73.2 Å². The van der Waals surface area contributed by atoms with Crippen molar-refractivity contribution in [3.05, 3.63) is 34.6 Å². The number of hydrogen-bond acceptors (Lipinski definition) is 5. The molecule has 1 saturated carbocycles. The van der Waals surface area contributed by atoms with E-state index in [1.165, 1.54) is 24.6 Å². The third kappa shape index (κ3) is 5.82. The number of amides is 1. The predicted molar refractivity (Wildman–Crippen MR) is 117 cm³/mol. The van der Waals surface area contributed by atoms with Crippen molar-refractivity contribution in [3.8, 4) is 0 Å². The third-order valence-corrected chi connectivity index (χ3v) is 6.25. The summed E-state index contributed by atoms with van der Waals surface area (Å²) in [5.74, 6) is 0.0130. The maximum atomic E-state index is 13.1. The van der Waals surface area contributed by atoms with Gasteiger partial charge in [-0.15, -0.1) is 0 Å². The van der Waals surface area contributed by atoms with Gasteiger partial charge >= 0.3 is 0 Å². The van der Waals surface area contributed by atoms with Gasteiger partial charge in [0.15, 0.2) is 5.16 Å². The second-order valence-electron chi connectivity index (χ2n) is 7.89. The van der Waals surface area contributed by atoms with Crippen LogP contribution >= 0.6 is 11.8 Å². The Hall–Kier alpha value is -1.86. The number of para-hydroxylation sites is 1. The number of thioether (sulfide) groups is 1. The Bertz CT molecular complexity index is 890. The highest BCUT2D eigenvalue weighted by Gasteiger charge is 2.23. The van der Waals surface area contributed by atoms with Crippen molar-refractivity contribution >= 4 is 28.6 Å². The Balaban J connectivity index is 1.79. The Morgan fingerprint density at radius 3 is 2.72 bits per heavy atom. The zero-order chi connectivity index (χ0) is 20.8. The zero-order valence-electron chi connectivity index (χ0n) is 17.5. The largest absolute Gasteiger partial charge is 0.379 e. The molecular weight excluding hydrogens is 386 g/mol. The molecule has 158 valence electrons. The first-order chi connectivity index (χ1) is 14.0. The van der Waals surface area contributed by atoms with E-state index >= 15 is 0 Å². The van der Waals surface area contributed by atoms with Crippen molar-refractivity contribution in [2.24, 2.45) is 0 Å². The molecule has 0 bridgehead atoms. The Morgan fingerprint density at radius 2 is 2.00 bits per heavy atom. The van der Waals surface area contributed by atoms with E-state index in [-0.39, 0.29) is 28.9 Å². The van der Waals surface area contributed by atoms with E-state index < -0.39 is 0 Å². The molecule has 29 heavy (non-hydrogen) atoms. The lowest BCUT2D eigenvalue weighted by atomic mass is 10.2. The van der Waals surface area contributed by atoms with Gasteiger partial charge in [0.1, 0.15) is 0 Å². The molecule has 0 spiro atoms. The van der Waals surface area contributed by atoms with E-state index in [1.54, 1.807) is 10.6 Å². The molecule has 1 fully saturated rings. The molecule has 7 heteroatoms. The van der Waals surface area contributed by atoms with E-state index in [0.717, 1.165) is 12.8 Å². The van der Waals surface area contributed by atoms with Crippen LogP contribution in [0.5, 0.6) is 0 Å². The van der Waals surface area contributed by atoms with Gasteiger partial charge in [-0.25, -0.2) is 4.98 Å². The first kappa shape index (κ1) is 21.8. The van der Waals surface area contributed by atoms with Crippen LogP contribution in [0.25, 0.3) is 10.9 Å². The van der Waals surface area contributed by atoms with Crippen molar-refractivity contribution in [2.75, 3.05) is 6.61 Å². The smallest absolute Gasteiger partial charge is 0.262 e. The van der Waals surface area contributed by atoms with E-state index in [0.29, 0.717) is 35.6 Å². The zero-order valence-corrected chi connectivity index (χ0v) is 18.3. The normalized spacial score (nSPS) is 15.9. The summed E-state index contributed by atoms with van der Waals surface area (Å²) < 4.78 is 7.31. The summed E-state index contributed by atoms with van der Waals surface area (Å²) in [4.78, 5) is 30.4. The molecule has 1 aliphatic carbocycles. The molecule has 1 atom stereocenters. The van der Waals surface area contributed by atoms with Crippen LogP contribution in [-0.2, 0) is 16.1 Å². The van der Waals surface area contributed by atoms with Crippen molar-refractivity contribution in [1.29, 1.82) is 0 Å². The van der Waals surface area contributed by atoms with Crippen LogP contribution in [0.3, 0.4) is 0 Å². The van der Waals surface area contributed by atoms with E-state index in [1.807, 2.05) is 39.0 Å². The molecule has 0 saturated heterocycles. The first-order valence-corrected chi connectivity index (χ1v) is 11.4. The molecule has 1 unspecified atom stereocenters. The minimum Gasteiger partial charge on any atom is -0.379 e. The maximum Gasteiger partial charge on any atom is 0.262 e. The number of fused-ring (bicyclic) bond motifs is 1. The SMILES string of the molecule is CC(C)OCCCn1c(SC(C)C(=O)NC2CCCC2)nc2ccccc2c1=O. The van der Waals surface area contributed by atoms with Gasteiger partial charge in [0.2, 0.25) is 5.91 Å². The van der Waals surface area contributed by atoms with E-state index in [9.17, 15) is 9.59 Å². The molecular formula is C22H31N3O3S. The van der Waals surface area contributed by atoms with Crippen LogP contribution in [0.2, 0.25) is 0 Å².